The van der Waals surface area contributed by atoms with Gasteiger partial charge in [-0.25, -0.2) is 8.42 Å². The number of anilines is 1. The van der Waals surface area contributed by atoms with Gasteiger partial charge in [0.05, 0.1) is 11.9 Å². The average molecular weight is 411 g/mol. The van der Waals surface area contributed by atoms with E-state index < -0.39 is 16.1 Å². The van der Waals surface area contributed by atoms with Gasteiger partial charge in [-0.1, -0.05) is 54.6 Å². The highest BCUT2D eigenvalue weighted by molar-refractivity contribution is 7.92. The lowest BCUT2D eigenvalue weighted by atomic mass is 10.0. The van der Waals surface area contributed by atoms with Gasteiger partial charge in [-0.3, -0.25) is 9.10 Å². The van der Waals surface area contributed by atoms with Crippen molar-refractivity contribution in [2.24, 2.45) is 0 Å². The van der Waals surface area contributed by atoms with Crippen molar-refractivity contribution in [2.75, 3.05) is 10.6 Å². The summed E-state index contributed by atoms with van der Waals surface area (Å²) in [5.41, 5.74) is 3.25. The number of hydrogen-bond donors (Lipinski definition) is 1. The van der Waals surface area contributed by atoms with E-state index >= 15 is 0 Å². The molecule has 1 amide bonds. The van der Waals surface area contributed by atoms with E-state index in [0.29, 0.717) is 12.2 Å². The van der Waals surface area contributed by atoms with Crippen LogP contribution in [0.3, 0.4) is 0 Å². The van der Waals surface area contributed by atoms with Gasteiger partial charge in [-0.05, 0) is 54.3 Å². The highest BCUT2D eigenvalue weighted by Gasteiger charge is 2.30. The number of benzene rings is 3. The summed E-state index contributed by atoms with van der Waals surface area (Å²) in [6.45, 7) is 5.68. The Morgan fingerprint density at radius 2 is 1.72 bits per heavy atom. The Kier molecular flexibility index (Phi) is 5.94. The van der Waals surface area contributed by atoms with Gasteiger partial charge in [0.2, 0.25) is 15.9 Å². The summed E-state index contributed by atoms with van der Waals surface area (Å²) in [4.78, 5) is 12.9. The largest absolute Gasteiger partial charge is 0.350 e. The first-order valence-electron chi connectivity index (χ1n) is 9.49. The third-order valence-electron chi connectivity index (χ3n) is 5.02. The molecule has 0 aliphatic carbocycles. The normalized spacial score (nSPS) is 12.6. The van der Waals surface area contributed by atoms with Crippen LogP contribution >= 0.6 is 0 Å². The van der Waals surface area contributed by atoms with E-state index in [1.165, 1.54) is 4.31 Å². The molecule has 3 aromatic rings. The summed E-state index contributed by atoms with van der Waals surface area (Å²) < 4.78 is 26.3. The predicted octanol–water partition coefficient (Wildman–Crippen LogP) is 3.93. The molecule has 0 bridgehead atoms. The van der Waals surface area contributed by atoms with Crippen LogP contribution in [-0.4, -0.2) is 26.6 Å². The van der Waals surface area contributed by atoms with E-state index in [4.69, 9.17) is 0 Å². The number of nitrogens with zero attached hydrogens (tertiary/aromatic N) is 1. The van der Waals surface area contributed by atoms with Crippen LogP contribution in [0, 0.1) is 13.8 Å². The van der Waals surface area contributed by atoms with Crippen LogP contribution in [0.25, 0.3) is 10.8 Å². The van der Waals surface area contributed by atoms with Crippen molar-refractivity contribution >= 4 is 32.4 Å². The van der Waals surface area contributed by atoms with Gasteiger partial charge in [0.25, 0.3) is 0 Å². The quantitative estimate of drug-likeness (QED) is 0.670. The van der Waals surface area contributed by atoms with Crippen LogP contribution < -0.4 is 9.62 Å². The molecule has 0 radical (unpaired) electrons. The van der Waals surface area contributed by atoms with Crippen molar-refractivity contribution < 1.29 is 13.2 Å². The molecule has 0 fully saturated rings. The van der Waals surface area contributed by atoms with Crippen molar-refractivity contribution in [2.45, 2.75) is 33.4 Å². The van der Waals surface area contributed by atoms with Gasteiger partial charge in [-0.15, -0.1) is 0 Å². The highest BCUT2D eigenvalue weighted by atomic mass is 32.2. The van der Waals surface area contributed by atoms with Crippen molar-refractivity contribution in [3.63, 3.8) is 0 Å². The van der Waals surface area contributed by atoms with Crippen molar-refractivity contribution in [3.05, 3.63) is 77.4 Å². The van der Waals surface area contributed by atoms with Crippen LogP contribution in [0.1, 0.15) is 23.6 Å². The maximum absolute atomic E-state index is 12.9. The van der Waals surface area contributed by atoms with Gasteiger partial charge in [0.1, 0.15) is 6.04 Å². The van der Waals surface area contributed by atoms with Crippen molar-refractivity contribution in [1.29, 1.82) is 0 Å². The molecule has 152 valence electrons. The van der Waals surface area contributed by atoms with Gasteiger partial charge >= 0.3 is 0 Å². The summed E-state index contributed by atoms with van der Waals surface area (Å²) >= 11 is 0. The number of aryl methyl sites for hydroxylation is 2. The fraction of sp³-hybridized carbons (Fsp3) is 0.261. The molecule has 3 rings (SSSR count). The van der Waals surface area contributed by atoms with Crippen molar-refractivity contribution in [3.8, 4) is 0 Å². The number of nitrogens with one attached hydrogen (secondary N) is 1. The van der Waals surface area contributed by atoms with E-state index in [2.05, 4.69) is 5.32 Å². The molecule has 0 spiro atoms. The molecule has 0 unspecified atom stereocenters. The third kappa shape index (κ3) is 4.59. The molecule has 0 saturated heterocycles. The van der Waals surface area contributed by atoms with Gasteiger partial charge < -0.3 is 5.32 Å². The first kappa shape index (κ1) is 20.9. The Labute approximate surface area is 172 Å². The molecular weight excluding hydrogens is 384 g/mol. The molecule has 1 N–H and O–H groups in total. The van der Waals surface area contributed by atoms with Crippen LogP contribution in [0.15, 0.2) is 60.7 Å². The first-order chi connectivity index (χ1) is 13.7. The third-order valence-corrected chi connectivity index (χ3v) is 6.25. The number of carbonyl (C=O) groups is 1. The Hall–Kier alpha value is -2.86. The molecule has 5 nitrogen and oxygen atoms in total. The average Bonchev–Trinajstić information content (AvgIpc) is 2.67. The number of carbonyl (C=O) groups excluding carboxylic acids is 1. The number of sulfonamides is 1. The lowest BCUT2D eigenvalue weighted by molar-refractivity contribution is -0.122. The number of rotatable bonds is 6. The molecule has 0 aliphatic heterocycles. The second-order valence-corrected chi connectivity index (χ2v) is 9.24. The highest BCUT2D eigenvalue weighted by Crippen LogP contribution is 2.26. The second kappa shape index (κ2) is 8.25. The lowest BCUT2D eigenvalue weighted by Gasteiger charge is -2.29. The maximum atomic E-state index is 12.9. The molecule has 0 aromatic heterocycles. The van der Waals surface area contributed by atoms with E-state index in [9.17, 15) is 13.2 Å². The van der Waals surface area contributed by atoms with Gasteiger partial charge in [0, 0.05) is 6.54 Å². The zero-order valence-electron chi connectivity index (χ0n) is 17.1. The number of fused-ring (bicyclic) bond motifs is 1. The number of hydrogen-bond acceptors (Lipinski definition) is 3. The minimum atomic E-state index is -3.65. The topological polar surface area (TPSA) is 66.5 Å². The summed E-state index contributed by atoms with van der Waals surface area (Å²) in [7, 11) is -3.65. The fourth-order valence-corrected chi connectivity index (χ4v) is 4.74. The Bertz CT molecular complexity index is 1150. The molecule has 6 heteroatoms. The predicted molar refractivity (Wildman–Crippen MR) is 118 cm³/mol. The first-order valence-corrected chi connectivity index (χ1v) is 11.3. The number of amides is 1. The minimum Gasteiger partial charge on any atom is -0.350 e. The molecule has 0 aliphatic rings. The molecule has 29 heavy (non-hydrogen) atoms. The Morgan fingerprint density at radius 3 is 2.45 bits per heavy atom. The van der Waals surface area contributed by atoms with Gasteiger partial charge in [0.15, 0.2) is 0 Å². The van der Waals surface area contributed by atoms with E-state index in [-0.39, 0.29) is 5.91 Å². The maximum Gasteiger partial charge on any atom is 0.243 e. The fourth-order valence-electron chi connectivity index (χ4n) is 3.51. The minimum absolute atomic E-state index is 0.328. The summed E-state index contributed by atoms with van der Waals surface area (Å²) in [5.74, 6) is -0.343. The molecule has 3 aromatic carbocycles. The SMILES string of the molecule is Cc1ccc(C)c(N([C@@H](C)C(=O)NCc2cccc3ccccc23)S(C)(=O)=O)c1. The van der Waals surface area contributed by atoms with Crippen LogP contribution in [-0.2, 0) is 21.4 Å². The monoisotopic (exact) mass is 410 g/mol. The second-order valence-electron chi connectivity index (χ2n) is 7.38. The van der Waals surface area contributed by atoms with Crippen LogP contribution in [0.2, 0.25) is 0 Å². The molecule has 0 saturated carbocycles. The Balaban J connectivity index is 1.85. The van der Waals surface area contributed by atoms with E-state index in [1.54, 1.807) is 13.0 Å². The molecular formula is C23H26N2O3S. The summed E-state index contributed by atoms with van der Waals surface area (Å²) in [5, 5.41) is 5.07. The van der Waals surface area contributed by atoms with Gasteiger partial charge in [-0.2, -0.15) is 0 Å². The zero-order chi connectivity index (χ0) is 21.2. The summed E-state index contributed by atoms with van der Waals surface area (Å²) in [6.07, 6.45) is 1.13. The van der Waals surface area contributed by atoms with Crippen molar-refractivity contribution in [1.82, 2.24) is 5.32 Å². The zero-order valence-corrected chi connectivity index (χ0v) is 18.0. The standard InChI is InChI=1S/C23H26N2O3S/c1-16-12-13-17(2)22(14-16)25(29(4,27)28)18(3)23(26)24-15-20-10-7-9-19-8-5-6-11-21(19)20/h5-14,18H,15H2,1-4H3,(H,24,26)/t18-/m0/s1. The smallest absolute Gasteiger partial charge is 0.243 e. The van der Waals surface area contributed by atoms with Crippen LogP contribution in [0.4, 0.5) is 5.69 Å². The molecule has 1 atom stereocenters. The Morgan fingerprint density at radius 1 is 1.03 bits per heavy atom. The van der Waals surface area contributed by atoms with E-state index in [1.807, 2.05) is 68.4 Å². The summed E-state index contributed by atoms with van der Waals surface area (Å²) in [6, 6.07) is 18.6. The lowest BCUT2D eigenvalue weighted by Crippen LogP contribution is -2.48. The molecule has 0 heterocycles. The van der Waals surface area contributed by atoms with E-state index in [0.717, 1.165) is 33.7 Å². The van der Waals surface area contributed by atoms with Crippen LogP contribution in [0.5, 0.6) is 0 Å².